The van der Waals surface area contributed by atoms with Crippen LogP contribution in [0.3, 0.4) is 0 Å². The monoisotopic (exact) mass is 323 g/mol. The summed E-state index contributed by atoms with van der Waals surface area (Å²) in [5, 5.41) is 5.31. The van der Waals surface area contributed by atoms with Crippen LogP contribution >= 0.6 is 11.8 Å². The average Bonchev–Trinajstić information content (AvgIpc) is 2.91. The molecule has 0 unspecified atom stereocenters. The minimum atomic E-state index is -0.689. The summed E-state index contributed by atoms with van der Waals surface area (Å²) in [5.74, 6) is 1.41. The minimum Gasteiger partial charge on any atom is -0.488 e. The molecule has 2 atom stereocenters. The van der Waals surface area contributed by atoms with Gasteiger partial charge in [-0.3, -0.25) is 4.79 Å². The lowest BCUT2D eigenvalue weighted by atomic mass is 10.1. The van der Waals surface area contributed by atoms with E-state index in [0.717, 1.165) is 23.5 Å². The molecular weight excluding hydrogens is 302 g/mol. The lowest BCUT2D eigenvalue weighted by Crippen LogP contribution is -2.50. The van der Waals surface area contributed by atoms with E-state index < -0.39 is 12.1 Å². The zero-order valence-electron chi connectivity index (χ0n) is 12.5. The highest BCUT2D eigenvalue weighted by molar-refractivity contribution is 7.98. The van der Waals surface area contributed by atoms with Crippen LogP contribution < -0.4 is 21.1 Å². The number of hydrogen-bond donors (Lipinski definition) is 3. The van der Waals surface area contributed by atoms with E-state index in [1.54, 1.807) is 11.8 Å². The second-order valence-electron chi connectivity index (χ2n) is 5.14. The molecule has 0 bridgehead atoms. The van der Waals surface area contributed by atoms with Crippen LogP contribution in [0.2, 0.25) is 0 Å². The van der Waals surface area contributed by atoms with Crippen LogP contribution in [0, 0.1) is 0 Å². The fraction of sp³-hybridized carbons (Fsp3) is 0.467. The van der Waals surface area contributed by atoms with Gasteiger partial charge in [-0.2, -0.15) is 11.8 Å². The number of urea groups is 1. The van der Waals surface area contributed by atoms with Gasteiger partial charge in [0.2, 0.25) is 5.91 Å². The number of hydrogen-bond acceptors (Lipinski definition) is 4. The molecule has 0 aromatic heterocycles. The van der Waals surface area contributed by atoms with E-state index >= 15 is 0 Å². The molecule has 1 aromatic carbocycles. The third-order valence-electron chi connectivity index (χ3n) is 3.46. The Bertz CT molecular complexity index is 514. The predicted octanol–water partition coefficient (Wildman–Crippen LogP) is 0.896. The number of para-hydroxylation sites is 1. The molecule has 0 fully saturated rings. The highest BCUT2D eigenvalue weighted by atomic mass is 32.2. The summed E-state index contributed by atoms with van der Waals surface area (Å²) < 4.78 is 5.77. The van der Waals surface area contributed by atoms with Gasteiger partial charge in [-0.05, 0) is 30.1 Å². The highest BCUT2D eigenvalue weighted by Gasteiger charge is 2.25. The number of nitrogens with two attached hydrogens (primary N) is 1. The zero-order valence-corrected chi connectivity index (χ0v) is 13.3. The van der Waals surface area contributed by atoms with Gasteiger partial charge in [0, 0.05) is 6.42 Å². The molecular formula is C15H21N3O3S. The van der Waals surface area contributed by atoms with Crippen molar-refractivity contribution >= 4 is 23.7 Å². The second kappa shape index (κ2) is 7.93. The Hall–Kier alpha value is -1.89. The van der Waals surface area contributed by atoms with Gasteiger partial charge in [0.05, 0.1) is 6.54 Å². The van der Waals surface area contributed by atoms with Crippen molar-refractivity contribution < 1.29 is 14.3 Å². The first kappa shape index (κ1) is 16.5. The number of thioether (sulfide) groups is 1. The highest BCUT2D eigenvalue weighted by Crippen LogP contribution is 2.27. The largest absolute Gasteiger partial charge is 0.488 e. The number of ether oxygens (including phenoxy) is 1. The van der Waals surface area contributed by atoms with Gasteiger partial charge >= 0.3 is 6.03 Å². The van der Waals surface area contributed by atoms with Crippen molar-refractivity contribution in [1.82, 2.24) is 10.6 Å². The molecule has 1 aromatic rings. The number of carbonyl (C=O) groups is 2. The van der Waals surface area contributed by atoms with Gasteiger partial charge in [0.1, 0.15) is 17.9 Å². The maximum Gasteiger partial charge on any atom is 0.312 e. The van der Waals surface area contributed by atoms with Crippen LogP contribution in [0.15, 0.2) is 24.3 Å². The van der Waals surface area contributed by atoms with E-state index in [0.29, 0.717) is 13.0 Å². The Morgan fingerprint density at radius 2 is 2.23 bits per heavy atom. The van der Waals surface area contributed by atoms with Crippen LogP contribution in [0.5, 0.6) is 5.75 Å². The van der Waals surface area contributed by atoms with Crippen molar-refractivity contribution in [1.29, 1.82) is 0 Å². The molecule has 0 saturated carbocycles. The molecule has 4 N–H and O–H groups in total. The number of benzene rings is 1. The predicted molar refractivity (Wildman–Crippen MR) is 87.1 cm³/mol. The second-order valence-corrected chi connectivity index (χ2v) is 6.13. The molecule has 6 nitrogen and oxygen atoms in total. The van der Waals surface area contributed by atoms with Crippen molar-refractivity contribution in [2.45, 2.75) is 25.0 Å². The number of carbonyl (C=O) groups excluding carboxylic acids is 2. The zero-order chi connectivity index (χ0) is 15.9. The molecule has 22 heavy (non-hydrogen) atoms. The van der Waals surface area contributed by atoms with Crippen LogP contribution in [-0.4, -0.2) is 42.6 Å². The molecule has 1 heterocycles. The standard InChI is InChI=1S/C15H21N3O3S/c1-22-7-6-12(18-15(16)20)14(19)17-9-11-8-10-4-2-3-5-13(10)21-11/h2-5,11-12H,6-9H2,1H3,(H,17,19)(H3,16,18,20)/t11-,12+/m1/s1. The van der Waals surface area contributed by atoms with Crippen LogP contribution in [0.1, 0.15) is 12.0 Å². The third kappa shape index (κ3) is 4.56. The lowest BCUT2D eigenvalue weighted by Gasteiger charge is -2.18. The fourth-order valence-electron chi connectivity index (χ4n) is 2.38. The molecule has 0 radical (unpaired) electrons. The number of amides is 3. The van der Waals surface area contributed by atoms with E-state index in [9.17, 15) is 9.59 Å². The van der Waals surface area contributed by atoms with Gasteiger partial charge < -0.3 is 21.1 Å². The summed E-state index contributed by atoms with van der Waals surface area (Å²) in [6, 6.07) is 6.55. The van der Waals surface area contributed by atoms with Crippen molar-refractivity contribution in [3.63, 3.8) is 0 Å². The molecule has 1 aliphatic rings. The molecule has 2 rings (SSSR count). The fourth-order valence-corrected chi connectivity index (χ4v) is 2.85. The molecule has 120 valence electrons. The Labute approximate surface area is 134 Å². The first-order valence-electron chi connectivity index (χ1n) is 7.17. The summed E-state index contributed by atoms with van der Waals surface area (Å²) in [6.45, 7) is 0.406. The van der Waals surface area contributed by atoms with E-state index in [2.05, 4.69) is 10.6 Å². The van der Waals surface area contributed by atoms with Gasteiger partial charge in [-0.15, -0.1) is 0 Å². The smallest absolute Gasteiger partial charge is 0.312 e. The molecule has 0 saturated heterocycles. The molecule has 0 spiro atoms. The summed E-state index contributed by atoms with van der Waals surface area (Å²) in [7, 11) is 0. The van der Waals surface area contributed by atoms with Crippen LogP contribution in [0.4, 0.5) is 4.79 Å². The van der Waals surface area contributed by atoms with Crippen LogP contribution in [-0.2, 0) is 11.2 Å². The van der Waals surface area contributed by atoms with Gasteiger partial charge in [-0.25, -0.2) is 4.79 Å². The van der Waals surface area contributed by atoms with Gasteiger partial charge in [-0.1, -0.05) is 18.2 Å². The average molecular weight is 323 g/mol. The lowest BCUT2D eigenvalue weighted by molar-refractivity contribution is -0.123. The Balaban J connectivity index is 1.82. The van der Waals surface area contributed by atoms with Crippen LogP contribution in [0.25, 0.3) is 0 Å². The quantitative estimate of drug-likeness (QED) is 0.695. The van der Waals surface area contributed by atoms with Crippen molar-refractivity contribution in [3.05, 3.63) is 29.8 Å². The maximum absolute atomic E-state index is 12.2. The number of fused-ring (bicyclic) bond motifs is 1. The normalized spacial score (nSPS) is 17.2. The van der Waals surface area contributed by atoms with Crippen molar-refractivity contribution in [2.24, 2.45) is 5.73 Å². The summed E-state index contributed by atoms with van der Waals surface area (Å²) in [5.41, 5.74) is 6.27. The summed E-state index contributed by atoms with van der Waals surface area (Å²) in [6.07, 6.45) is 3.19. The van der Waals surface area contributed by atoms with Gasteiger partial charge in [0.15, 0.2) is 0 Å². The van der Waals surface area contributed by atoms with E-state index in [1.165, 1.54) is 0 Å². The number of rotatable bonds is 7. The van der Waals surface area contributed by atoms with E-state index in [1.807, 2.05) is 30.5 Å². The maximum atomic E-state index is 12.2. The SMILES string of the molecule is CSCC[C@H](NC(N)=O)C(=O)NC[C@H]1Cc2ccccc2O1. The first-order chi connectivity index (χ1) is 10.6. The summed E-state index contributed by atoms with van der Waals surface area (Å²) in [4.78, 5) is 23.2. The number of primary amides is 1. The molecule has 7 heteroatoms. The van der Waals surface area contributed by atoms with Crippen molar-refractivity contribution in [2.75, 3.05) is 18.6 Å². The Morgan fingerprint density at radius 1 is 1.45 bits per heavy atom. The Kier molecular flexibility index (Phi) is 5.94. The molecule has 3 amide bonds. The molecule has 0 aliphatic carbocycles. The Morgan fingerprint density at radius 3 is 2.91 bits per heavy atom. The minimum absolute atomic E-state index is 0.0730. The third-order valence-corrected chi connectivity index (χ3v) is 4.11. The topological polar surface area (TPSA) is 93.5 Å². The van der Waals surface area contributed by atoms with E-state index in [-0.39, 0.29) is 12.0 Å². The van der Waals surface area contributed by atoms with E-state index in [4.69, 9.17) is 10.5 Å². The van der Waals surface area contributed by atoms with Gasteiger partial charge in [0.25, 0.3) is 0 Å². The van der Waals surface area contributed by atoms with Crippen molar-refractivity contribution in [3.8, 4) is 5.75 Å². The number of nitrogens with one attached hydrogen (secondary N) is 2. The first-order valence-corrected chi connectivity index (χ1v) is 8.56. The summed E-state index contributed by atoms with van der Waals surface area (Å²) >= 11 is 1.61. The molecule has 1 aliphatic heterocycles.